The Hall–Kier alpha value is -1.64. The van der Waals surface area contributed by atoms with Crippen LogP contribution in [0.25, 0.3) is 0 Å². The predicted octanol–water partition coefficient (Wildman–Crippen LogP) is 2.14. The lowest BCUT2D eigenvalue weighted by Crippen LogP contribution is -2.41. The van der Waals surface area contributed by atoms with Gasteiger partial charge in [-0.1, -0.05) is 5.21 Å². The molecule has 0 atom stereocenters. The van der Waals surface area contributed by atoms with Crippen LogP contribution in [0.3, 0.4) is 0 Å². The molecule has 2 fully saturated rings. The molecule has 0 aliphatic carbocycles. The molecule has 0 spiro atoms. The summed E-state index contributed by atoms with van der Waals surface area (Å²) < 4.78 is 30.4. The van der Waals surface area contributed by atoms with Gasteiger partial charge in [-0.2, -0.15) is 0 Å². The quantitative estimate of drug-likeness (QED) is 0.775. The average molecular weight is 385 g/mol. The number of nitrogens with zero attached hydrogens (tertiary/aromatic N) is 4. The molecule has 3 rings (SSSR count). The van der Waals surface area contributed by atoms with Crippen molar-refractivity contribution in [2.75, 3.05) is 24.6 Å². The Morgan fingerprint density at radius 1 is 1.15 bits per heavy atom. The van der Waals surface area contributed by atoms with Crippen molar-refractivity contribution in [3.8, 4) is 0 Å². The number of piperidine rings is 1. The largest absolute Gasteiger partial charge is 0.444 e. The molecule has 146 valence electrons. The maximum absolute atomic E-state index is 12.1. The summed E-state index contributed by atoms with van der Waals surface area (Å²) in [5, 5.41) is 8.54. The van der Waals surface area contributed by atoms with Crippen LogP contribution in [0.5, 0.6) is 0 Å². The van der Waals surface area contributed by atoms with Crippen molar-refractivity contribution in [3.63, 3.8) is 0 Å². The van der Waals surface area contributed by atoms with Crippen LogP contribution >= 0.6 is 0 Å². The summed E-state index contributed by atoms with van der Waals surface area (Å²) in [6.07, 6.45) is 4.55. The van der Waals surface area contributed by atoms with Gasteiger partial charge in [0.15, 0.2) is 0 Å². The molecule has 1 aromatic heterocycles. The van der Waals surface area contributed by atoms with E-state index in [4.69, 9.17) is 4.74 Å². The maximum Gasteiger partial charge on any atom is 0.410 e. The molecular weight excluding hydrogens is 356 g/mol. The number of hydrogen-bond acceptors (Lipinski definition) is 6. The van der Waals surface area contributed by atoms with Crippen molar-refractivity contribution in [2.24, 2.45) is 0 Å². The SMILES string of the molecule is CC(C)(C)OC(=O)N1CCC(c2cn(C3CCS(=O)(=O)CC3)nn2)CC1. The number of rotatable bonds is 2. The second kappa shape index (κ2) is 7.17. The van der Waals surface area contributed by atoms with Crippen molar-refractivity contribution in [1.29, 1.82) is 0 Å². The van der Waals surface area contributed by atoms with Crippen molar-refractivity contribution >= 4 is 15.9 Å². The average Bonchev–Trinajstić information content (AvgIpc) is 3.03. The van der Waals surface area contributed by atoms with Crippen LogP contribution in [-0.2, 0) is 14.6 Å². The van der Waals surface area contributed by atoms with Gasteiger partial charge in [0.1, 0.15) is 15.4 Å². The fraction of sp³-hybridized carbons (Fsp3) is 0.824. The van der Waals surface area contributed by atoms with Crippen LogP contribution in [0.2, 0.25) is 0 Å². The third-order valence-electron chi connectivity index (χ3n) is 4.99. The van der Waals surface area contributed by atoms with E-state index in [1.807, 2.05) is 31.6 Å². The molecular formula is C17H28N4O4S. The molecule has 9 heteroatoms. The molecule has 0 radical (unpaired) electrons. The van der Waals surface area contributed by atoms with Gasteiger partial charge >= 0.3 is 6.09 Å². The number of carbonyl (C=O) groups is 1. The van der Waals surface area contributed by atoms with Gasteiger partial charge < -0.3 is 9.64 Å². The zero-order valence-electron chi connectivity index (χ0n) is 15.7. The number of aromatic nitrogens is 3. The highest BCUT2D eigenvalue weighted by Crippen LogP contribution is 2.29. The van der Waals surface area contributed by atoms with Crippen LogP contribution in [0, 0.1) is 0 Å². The molecule has 1 aromatic rings. The number of ether oxygens (including phenoxy) is 1. The molecule has 0 N–H and O–H groups in total. The molecule has 2 aliphatic heterocycles. The molecule has 0 bridgehead atoms. The Bertz CT molecular complexity index is 731. The predicted molar refractivity (Wildman–Crippen MR) is 96.7 cm³/mol. The van der Waals surface area contributed by atoms with E-state index in [9.17, 15) is 13.2 Å². The van der Waals surface area contributed by atoms with Crippen LogP contribution < -0.4 is 0 Å². The summed E-state index contributed by atoms with van der Waals surface area (Å²) >= 11 is 0. The van der Waals surface area contributed by atoms with E-state index in [1.165, 1.54) is 0 Å². The number of amides is 1. The summed E-state index contributed by atoms with van der Waals surface area (Å²) in [6, 6.07) is 0.113. The first-order chi connectivity index (χ1) is 12.1. The minimum Gasteiger partial charge on any atom is -0.444 e. The van der Waals surface area contributed by atoms with Gasteiger partial charge in [0.25, 0.3) is 0 Å². The third-order valence-corrected chi connectivity index (χ3v) is 6.71. The minimum atomic E-state index is -2.88. The number of likely N-dealkylation sites (tertiary alicyclic amines) is 1. The van der Waals surface area contributed by atoms with Gasteiger partial charge in [0.05, 0.1) is 23.2 Å². The van der Waals surface area contributed by atoms with Gasteiger partial charge in [-0.25, -0.2) is 17.9 Å². The molecule has 0 unspecified atom stereocenters. The van der Waals surface area contributed by atoms with Crippen LogP contribution in [0.1, 0.15) is 64.1 Å². The second-order valence-electron chi connectivity index (χ2n) is 8.25. The Kier molecular flexibility index (Phi) is 5.28. The molecule has 26 heavy (non-hydrogen) atoms. The van der Waals surface area contributed by atoms with E-state index in [1.54, 1.807) is 4.90 Å². The lowest BCUT2D eigenvalue weighted by molar-refractivity contribution is 0.0204. The Balaban J connectivity index is 1.54. The maximum atomic E-state index is 12.1. The summed E-state index contributed by atoms with van der Waals surface area (Å²) in [4.78, 5) is 13.9. The summed E-state index contributed by atoms with van der Waals surface area (Å²) in [6.45, 7) is 6.90. The highest BCUT2D eigenvalue weighted by atomic mass is 32.2. The van der Waals surface area contributed by atoms with Crippen LogP contribution in [-0.4, -0.2) is 64.6 Å². The van der Waals surface area contributed by atoms with Crippen molar-refractivity contribution in [1.82, 2.24) is 19.9 Å². The van der Waals surface area contributed by atoms with Gasteiger partial charge in [0, 0.05) is 25.2 Å². The topological polar surface area (TPSA) is 94.4 Å². The second-order valence-corrected chi connectivity index (χ2v) is 10.6. The summed E-state index contributed by atoms with van der Waals surface area (Å²) in [7, 11) is -2.88. The minimum absolute atomic E-state index is 0.113. The third kappa shape index (κ3) is 4.75. The van der Waals surface area contributed by atoms with E-state index < -0.39 is 15.4 Å². The van der Waals surface area contributed by atoms with Gasteiger partial charge in [-0.05, 0) is 46.5 Å². The van der Waals surface area contributed by atoms with Crippen molar-refractivity contribution in [2.45, 2.75) is 64.0 Å². The zero-order chi connectivity index (χ0) is 18.9. The fourth-order valence-electron chi connectivity index (χ4n) is 3.48. The highest BCUT2D eigenvalue weighted by molar-refractivity contribution is 7.91. The van der Waals surface area contributed by atoms with Crippen LogP contribution in [0.4, 0.5) is 4.79 Å². The first kappa shape index (κ1) is 19.1. The number of carbonyl (C=O) groups excluding carboxylic acids is 1. The Morgan fingerprint density at radius 2 is 1.77 bits per heavy atom. The fourth-order valence-corrected chi connectivity index (χ4v) is 4.95. The van der Waals surface area contributed by atoms with Gasteiger partial charge in [-0.3, -0.25) is 0 Å². The van der Waals surface area contributed by atoms with E-state index >= 15 is 0 Å². The van der Waals surface area contributed by atoms with E-state index in [0.29, 0.717) is 25.9 Å². The molecule has 2 aliphatic rings. The molecule has 8 nitrogen and oxygen atoms in total. The smallest absolute Gasteiger partial charge is 0.410 e. The standard InChI is InChI=1S/C17H28N4O4S/c1-17(2,3)25-16(22)20-8-4-13(5-9-20)15-12-21(19-18-15)14-6-10-26(23,24)11-7-14/h12-14H,4-11H2,1-3H3. The summed E-state index contributed by atoms with van der Waals surface area (Å²) in [5.41, 5.74) is 0.451. The van der Waals surface area contributed by atoms with Gasteiger partial charge in [-0.15, -0.1) is 5.10 Å². The molecule has 0 aromatic carbocycles. The van der Waals surface area contributed by atoms with E-state index in [0.717, 1.165) is 18.5 Å². The lowest BCUT2D eigenvalue weighted by Gasteiger charge is -2.32. The summed E-state index contributed by atoms with van der Waals surface area (Å²) in [5.74, 6) is 0.720. The monoisotopic (exact) mass is 384 g/mol. The molecule has 3 heterocycles. The highest BCUT2D eigenvalue weighted by Gasteiger charge is 2.30. The van der Waals surface area contributed by atoms with Gasteiger partial charge in [0.2, 0.25) is 0 Å². The zero-order valence-corrected chi connectivity index (χ0v) is 16.5. The molecule has 1 amide bonds. The van der Waals surface area contributed by atoms with E-state index in [-0.39, 0.29) is 29.6 Å². The van der Waals surface area contributed by atoms with E-state index in [2.05, 4.69) is 10.3 Å². The first-order valence-corrected chi connectivity index (χ1v) is 11.1. The molecule has 0 saturated carbocycles. The number of sulfone groups is 1. The Morgan fingerprint density at radius 3 is 2.35 bits per heavy atom. The first-order valence-electron chi connectivity index (χ1n) is 9.23. The molecule has 2 saturated heterocycles. The normalized spacial score (nSPS) is 22.3. The lowest BCUT2D eigenvalue weighted by atomic mass is 9.94. The van der Waals surface area contributed by atoms with Crippen molar-refractivity contribution in [3.05, 3.63) is 11.9 Å². The van der Waals surface area contributed by atoms with Crippen LogP contribution in [0.15, 0.2) is 6.20 Å². The number of hydrogen-bond donors (Lipinski definition) is 0. The van der Waals surface area contributed by atoms with Crippen molar-refractivity contribution < 1.29 is 17.9 Å². The Labute approximate surface area is 154 Å².